The summed E-state index contributed by atoms with van der Waals surface area (Å²) in [5.41, 5.74) is 1.79. The van der Waals surface area contributed by atoms with Gasteiger partial charge in [0.2, 0.25) is 11.8 Å². The van der Waals surface area contributed by atoms with E-state index in [2.05, 4.69) is 21.2 Å². The van der Waals surface area contributed by atoms with E-state index in [1.165, 1.54) is 0 Å². The molecular formula is C21H21BrN2O2. The van der Waals surface area contributed by atoms with Gasteiger partial charge in [0.05, 0.1) is 0 Å². The first-order valence-electron chi connectivity index (χ1n) is 8.70. The van der Waals surface area contributed by atoms with Crippen LogP contribution in [0.1, 0.15) is 18.4 Å². The minimum atomic E-state index is -0.0479. The van der Waals surface area contributed by atoms with Crippen LogP contribution in [0.4, 0.5) is 5.69 Å². The van der Waals surface area contributed by atoms with Crippen molar-refractivity contribution in [2.45, 2.75) is 12.8 Å². The first kappa shape index (κ1) is 18.4. The summed E-state index contributed by atoms with van der Waals surface area (Å²) < 4.78 is 0.984. The lowest BCUT2D eigenvalue weighted by Gasteiger charge is -2.30. The number of nitrogens with zero attached hydrogens (tertiary/aromatic N) is 1. The van der Waals surface area contributed by atoms with E-state index in [1.54, 1.807) is 11.0 Å². The molecule has 0 unspecified atom stereocenters. The second-order valence-corrected chi connectivity index (χ2v) is 7.26. The van der Waals surface area contributed by atoms with Gasteiger partial charge in [-0.05, 0) is 48.7 Å². The molecule has 0 spiro atoms. The summed E-state index contributed by atoms with van der Waals surface area (Å²) >= 11 is 3.42. The fourth-order valence-electron chi connectivity index (χ4n) is 3.01. The zero-order valence-corrected chi connectivity index (χ0v) is 16.0. The van der Waals surface area contributed by atoms with Gasteiger partial charge < -0.3 is 10.2 Å². The van der Waals surface area contributed by atoms with Crippen molar-refractivity contribution in [2.24, 2.45) is 5.92 Å². The SMILES string of the molecule is O=C(Nc1ccccc1)C1CCN(C(=O)C=Cc2cccc(Br)c2)CC1. The molecule has 1 aliphatic heterocycles. The van der Waals surface area contributed by atoms with Gasteiger partial charge in [-0.2, -0.15) is 0 Å². The maximum atomic E-state index is 12.4. The average molecular weight is 413 g/mol. The van der Waals surface area contributed by atoms with Gasteiger partial charge in [0.15, 0.2) is 0 Å². The highest BCUT2D eigenvalue weighted by Crippen LogP contribution is 2.20. The Morgan fingerprint density at radius 1 is 1.04 bits per heavy atom. The van der Waals surface area contributed by atoms with Crippen LogP contribution in [0.25, 0.3) is 6.08 Å². The Kier molecular flexibility index (Phi) is 6.23. The molecule has 26 heavy (non-hydrogen) atoms. The van der Waals surface area contributed by atoms with E-state index in [0.29, 0.717) is 25.9 Å². The minimum absolute atomic E-state index is 0.00751. The number of amides is 2. The summed E-state index contributed by atoms with van der Waals surface area (Å²) in [4.78, 5) is 26.5. The van der Waals surface area contributed by atoms with Gasteiger partial charge in [-0.3, -0.25) is 9.59 Å². The largest absolute Gasteiger partial charge is 0.339 e. The van der Waals surface area contributed by atoms with E-state index >= 15 is 0 Å². The normalized spacial score (nSPS) is 15.2. The minimum Gasteiger partial charge on any atom is -0.339 e. The molecule has 2 aromatic rings. The predicted molar refractivity (Wildman–Crippen MR) is 108 cm³/mol. The van der Waals surface area contributed by atoms with E-state index in [-0.39, 0.29) is 17.7 Å². The highest BCUT2D eigenvalue weighted by Gasteiger charge is 2.26. The molecule has 0 aliphatic carbocycles. The number of carbonyl (C=O) groups is 2. The molecule has 1 heterocycles. The number of benzene rings is 2. The van der Waals surface area contributed by atoms with Crippen molar-refractivity contribution >= 4 is 39.5 Å². The van der Waals surface area contributed by atoms with E-state index in [1.807, 2.05) is 60.7 Å². The van der Waals surface area contributed by atoms with Crippen molar-refractivity contribution in [2.75, 3.05) is 18.4 Å². The maximum Gasteiger partial charge on any atom is 0.246 e. The molecule has 0 radical (unpaired) electrons. The van der Waals surface area contributed by atoms with Crippen LogP contribution in [0.5, 0.6) is 0 Å². The molecule has 1 N–H and O–H groups in total. The van der Waals surface area contributed by atoms with Crippen LogP contribution in [0.15, 0.2) is 65.1 Å². The van der Waals surface area contributed by atoms with Crippen LogP contribution in [0, 0.1) is 5.92 Å². The van der Waals surface area contributed by atoms with E-state index in [9.17, 15) is 9.59 Å². The van der Waals surface area contributed by atoms with Gasteiger partial charge in [-0.25, -0.2) is 0 Å². The Hall–Kier alpha value is -2.40. The molecule has 1 saturated heterocycles. The molecule has 4 nitrogen and oxygen atoms in total. The smallest absolute Gasteiger partial charge is 0.246 e. The van der Waals surface area contributed by atoms with Gasteiger partial charge in [-0.1, -0.05) is 46.3 Å². The number of piperidine rings is 1. The van der Waals surface area contributed by atoms with Gasteiger partial charge in [0.1, 0.15) is 0 Å². The Balaban J connectivity index is 1.50. The number of likely N-dealkylation sites (tertiary alicyclic amines) is 1. The third-order valence-electron chi connectivity index (χ3n) is 4.49. The summed E-state index contributed by atoms with van der Waals surface area (Å²) in [6, 6.07) is 17.3. The molecule has 3 rings (SSSR count). The summed E-state index contributed by atoms with van der Waals surface area (Å²) in [6.07, 6.45) is 4.80. The zero-order chi connectivity index (χ0) is 18.4. The predicted octanol–water partition coefficient (Wildman–Crippen LogP) is 4.34. The average Bonchev–Trinajstić information content (AvgIpc) is 2.67. The highest BCUT2D eigenvalue weighted by molar-refractivity contribution is 9.10. The van der Waals surface area contributed by atoms with Gasteiger partial charge in [-0.15, -0.1) is 0 Å². The highest BCUT2D eigenvalue weighted by atomic mass is 79.9. The molecule has 0 saturated carbocycles. The lowest BCUT2D eigenvalue weighted by atomic mass is 9.95. The number of nitrogens with one attached hydrogen (secondary N) is 1. The molecule has 1 aliphatic rings. The molecule has 5 heteroatoms. The summed E-state index contributed by atoms with van der Waals surface area (Å²) in [5.74, 6) is -0.0202. The Morgan fingerprint density at radius 2 is 1.77 bits per heavy atom. The van der Waals surface area contributed by atoms with E-state index in [0.717, 1.165) is 15.7 Å². The summed E-state index contributed by atoms with van der Waals surface area (Å²) in [6.45, 7) is 1.21. The first-order chi connectivity index (χ1) is 12.6. The Morgan fingerprint density at radius 3 is 2.46 bits per heavy atom. The van der Waals surface area contributed by atoms with Crippen molar-refractivity contribution in [1.29, 1.82) is 0 Å². The molecule has 134 valence electrons. The summed E-state index contributed by atoms with van der Waals surface area (Å²) in [5, 5.41) is 2.95. The van der Waals surface area contributed by atoms with Gasteiger partial charge in [0, 0.05) is 35.2 Å². The molecule has 0 aromatic heterocycles. The first-order valence-corrected chi connectivity index (χ1v) is 9.49. The summed E-state index contributed by atoms with van der Waals surface area (Å²) in [7, 11) is 0. The standard InChI is InChI=1S/C21H21BrN2O2/c22-18-6-4-5-16(15-18)9-10-20(25)24-13-11-17(12-14-24)21(26)23-19-7-2-1-3-8-19/h1-10,15,17H,11-14H2,(H,23,26). The molecule has 0 bridgehead atoms. The molecular weight excluding hydrogens is 392 g/mol. The molecule has 1 fully saturated rings. The van der Waals surface area contributed by atoms with Crippen molar-refractivity contribution in [3.05, 3.63) is 70.7 Å². The number of para-hydroxylation sites is 1. The number of rotatable bonds is 4. The number of carbonyl (C=O) groups excluding carboxylic acids is 2. The number of halogens is 1. The van der Waals surface area contributed by atoms with Gasteiger partial charge >= 0.3 is 0 Å². The topological polar surface area (TPSA) is 49.4 Å². The third kappa shape index (κ3) is 5.05. The third-order valence-corrected chi connectivity index (χ3v) is 4.98. The fraction of sp³-hybridized carbons (Fsp3) is 0.238. The molecule has 2 amide bonds. The fourth-order valence-corrected chi connectivity index (χ4v) is 3.43. The zero-order valence-electron chi connectivity index (χ0n) is 14.4. The van der Waals surface area contributed by atoms with Crippen molar-refractivity contribution in [3.8, 4) is 0 Å². The van der Waals surface area contributed by atoms with Crippen molar-refractivity contribution in [3.63, 3.8) is 0 Å². The van der Waals surface area contributed by atoms with Crippen molar-refractivity contribution in [1.82, 2.24) is 4.90 Å². The lowest BCUT2D eigenvalue weighted by molar-refractivity contribution is -0.130. The quantitative estimate of drug-likeness (QED) is 0.759. The van der Waals surface area contributed by atoms with Gasteiger partial charge in [0.25, 0.3) is 0 Å². The number of hydrogen-bond donors (Lipinski definition) is 1. The monoisotopic (exact) mass is 412 g/mol. The van der Waals surface area contributed by atoms with Crippen LogP contribution >= 0.6 is 15.9 Å². The van der Waals surface area contributed by atoms with Crippen LogP contribution in [0.2, 0.25) is 0 Å². The second kappa shape index (κ2) is 8.81. The molecule has 2 aromatic carbocycles. The van der Waals surface area contributed by atoms with Crippen LogP contribution < -0.4 is 5.32 Å². The van der Waals surface area contributed by atoms with Crippen LogP contribution in [0.3, 0.4) is 0 Å². The van der Waals surface area contributed by atoms with Crippen LogP contribution in [-0.4, -0.2) is 29.8 Å². The maximum absolute atomic E-state index is 12.4. The van der Waals surface area contributed by atoms with E-state index in [4.69, 9.17) is 0 Å². The van der Waals surface area contributed by atoms with Crippen LogP contribution in [-0.2, 0) is 9.59 Å². The number of anilines is 1. The van der Waals surface area contributed by atoms with E-state index < -0.39 is 0 Å². The number of hydrogen-bond acceptors (Lipinski definition) is 2. The Labute approximate surface area is 162 Å². The lowest BCUT2D eigenvalue weighted by Crippen LogP contribution is -2.40. The molecule has 0 atom stereocenters. The Bertz CT molecular complexity index is 797. The van der Waals surface area contributed by atoms with Crippen molar-refractivity contribution < 1.29 is 9.59 Å². The second-order valence-electron chi connectivity index (χ2n) is 6.34.